The van der Waals surface area contributed by atoms with Gasteiger partial charge in [0.15, 0.2) is 0 Å². The molecular weight excluding hydrogens is 383 g/mol. The number of hydrogen-bond acceptors (Lipinski definition) is 3. The molecule has 1 N–H and O–H groups in total. The van der Waals surface area contributed by atoms with Gasteiger partial charge < -0.3 is 15.0 Å². The summed E-state index contributed by atoms with van der Waals surface area (Å²) in [6, 6.07) is 14.8. The Morgan fingerprint density at radius 1 is 1.03 bits per heavy atom. The van der Waals surface area contributed by atoms with Gasteiger partial charge in [0.05, 0.1) is 6.61 Å². The molecule has 0 heterocycles. The van der Waals surface area contributed by atoms with Crippen LogP contribution in [0.4, 0.5) is 4.39 Å². The summed E-state index contributed by atoms with van der Waals surface area (Å²) in [5.74, 6) is 0.410. The van der Waals surface area contributed by atoms with Crippen LogP contribution in [0, 0.1) is 11.7 Å². The van der Waals surface area contributed by atoms with Gasteiger partial charge in [0, 0.05) is 19.5 Å². The number of para-hydroxylation sites is 1. The number of carbonyl (C=O) groups excluding carboxylic acids is 2. The maximum atomic E-state index is 13.2. The zero-order valence-corrected chi connectivity index (χ0v) is 17.9. The first-order valence-corrected chi connectivity index (χ1v) is 10.4. The van der Waals surface area contributed by atoms with Gasteiger partial charge in [0.25, 0.3) is 0 Å². The molecule has 0 bridgehead atoms. The largest absolute Gasteiger partial charge is 0.494 e. The molecule has 0 spiro atoms. The van der Waals surface area contributed by atoms with Crippen LogP contribution < -0.4 is 10.1 Å². The van der Waals surface area contributed by atoms with E-state index in [1.165, 1.54) is 12.1 Å². The quantitative estimate of drug-likeness (QED) is 0.562. The first-order valence-electron chi connectivity index (χ1n) is 10.4. The number of benzene rings is 2. The molecule has 30 heavy (non-hydrogen) atoms. The number of nitrogens with zero attached hydrogens (tertiary/aromatic N) is 1. The molecule has 6 heteroatoms. The Kier molecular flexibility index (Phi) is 9.32. The molecule has 0 aliphatic carbocycles. The van der Waals surface area contributed by atoms with Crippen molar-refractivity contribution < 1.29 is 18.7 Å². The second-order valence-corrected chi connectivity index (χ2v) is 7.73. The Bertz CT molecular complexity index is 794. The first kappa shape index (κ1) is 23.4. The molecule has 5 nitrogen and oxygen atoms in total. The average Bonchev–Trinajstić information content (AvgIpc) is 2.74. The van der Waals surface area contributed by atoms with Crippen molar-refractivity contribution in [3.63, 3.8) is 0 Å². The maximum Gasteiger partial charge on any atom is 0.242 e. The number of ether oxygens (including phenoxy) is 1. The van der Waals surface area contributed by atoms with E-state index in [2.05, 4.69) is 5.32 Å². The lowest BCUT2D eigenvalue weighted by molar-refractivity contribution is -0.140. The summed E-state index contributed by atoms with van der Waals surface area (Å²) in [5.41, 5.74) is 0.772. The Hall–Kier alpha value is -2.89. The van der Waals surface area contributed by atoms with Crippen molar-refractivity contribution in [3.8, 4) is 5.75 Å². The minimum Gasteiger partial charge on any atom is -0.494 e. The summed E-state index contributed by atoms with van der Waals surface area (Å²) in [7, 11) is 0. The number of carbonyl (C=O) groups is 2. The van der Waals surface area contributed by atoms with E-state index in [1.54, 1.807) is 24.0 Å². The number of nitrogens with one attached hydrogen (secondary N) is 1. The predicted octanol–water partition coefficient (Wildman–Crippen LogP) is 4.17. The fourth-order valence-electron chi connectivity index (χ4n) is 2.90. The molecule has 2 amide bonds. The maximum absolute atomic E-state index is 13.2. The highest BCUT2D eigenvalue weighted by Gasteiger charge is 2.25. The van der Waals surface area contributed by atoms with E-state index in [1.807, 2.05) is 44.2 Å². The van der Waals surface area contributed by atoms with E-state index < -0.39 is 6.04 Å². The Morgan fingerprint density at radius 3 is 2.33 bits per heavy atom. The van der Waals surface area contributed by atoms with Gasteiger partial charge in [-0.05, 0) is 49.1 Å². The number of halogens is 1. The zero-order valence-electron chi connectivity index (χ0n) is 17.9. The second-order valence-electron chi connectivity index (χ2n) is 7.73. The van der Waals surface area contributed by atoms with Crippen LogP contribution in [0.5, 0.6) is 5.75 Å². The van der Waals surface area contributed by atoms with Crippen LogP contribution in [-0.4, -0.2) is 35.9 Å². The third-order valence-electron chi connectivity index (χ3n) is 4.66. The minimum absolute atomic E-state index is 0.136. The Labute approximate surface area is 178 Å². The molecule has 0 unspecified atom stereocenters. The molecule has 0 aliphatic heterocycles. The van der Waals surface area contributed by atoms with E-state index in [9.17, 15) is 14.0 Å². The van der Waals surface area contributed by atoms with E-state index >= 15 is 0 Å². The molecule has 2 aromatic carbocycles. The van der Waals surface area contributed by atoms with Crippen LogP contribution in [0.2, 0.25) is 0 Å². The summed E-state index contributed by atoms with van der Waals surface area (Å²) >= 11 is 0. The fraction of sp³-hybridized carbons (Fsp3) is 0.417. The van der Waals surface area contributed by atoms with E-state index in [0.717, 1.165) is 11.3 Å². The fourth-order valence-corrected chi connectivity index (χ4v) is 2.90. The topological polar surface area (TPSA) is 58.6 Å². The van der Waals surface area contributed by atoms with Crippen molar-refractivity contribution in [2.45, 2.75) is 46.2 Å². The third kappa shape index (κ3) is 7.85. The molecular formula is C24H31FN2O3. The van der Waals surface area contributed by atoms with Gasteiger partial charge in [-0.3, -0.25) is 9.59 Å². The highest BCUT2D eigenvalue weighted by Crippen LogP contribution is 2.14. The Balaban J connectivity index is 1.98. The van der Waals surface area contributed by atoms with E-state index in [4.69, 9.17) is 4.74 Å². The van der Waals surface area contributed by atoms with Gasteiger partial charge in [-0.2, -0.15) is 0 Å². The highest BCUT2D eigenvalue weighted by molar-refractivity contribution is 5.87. The summed E-state index contributed by atoms with van der Waals surface area (Å²) in [6.45, 7) is 6.95. The molecule has 1 atom stereocenters. The van der Waals surface area contributed by atoms with Gasteiger partial charge in [-0.1, -0.05) is 44.2 Å². The molecule has 0 aliphatic rings. The second kappa shape index (κ2) is 12.0. The van der Waals surface area contributed by atoms with Crippen LogP contribution in [0.25, 0.3) is 0 Å². The van der Waals surface area contributed by atoms with Crippen molar-refractivity contribution >= 4 is 11.8 Å². The van der Waals surface area contributed by atoms with Crippen LogP contribution in [-0.2, 0) is 16.1 Å². The van der Waals surface area contributed by atoms with E-state index in [-0.39, 0.29) is 30.6 Å². The van der Waals surface area contributed by atoms with E-state index in [0.29, 0.717) is 25.5 Å². The van der Waals surface area contributed by atoms with Crippen molar-refractivity contribution in [2.24, 2.45) is 5.92 Å². The smallest absolute Gasteiger partial charge is 0.242 e. The summed E-state index contributed by atoms with van der Waals surface area (Å²) in [6.07, 6.45) is 0.795. The third-order valence-corrected chi connectivity index (χ3v) is 4.66. The molecule has 2 aromatic rings. The SMILES string of the molecule is CC(C)CNC(=O)[C@@H](C)N(Cc1ccc(F)cc1)C(=O)CCCOc1ccccc1. The molecule has 2 rings (SSSR count). The molecule has 0 saturated carbocycles. The lowest BCUT2D eigenvalue weighted by atomic mass is 10.1. The van der Waals surface area contributed by atoms with Crippen molar-refractivity contribution in [2.75, 3.05) is 13.2 Å². The number of rotatable bonds is 11. The molecule has 0 fully saturated rings. The van der Waals surface area contributed by atoms with Crippen LogP contribution >= 0.6 is 0 Å². The zero-order chi connectivity index (χ0) is 21.9. The minimum atomic E-state index is -0.628. The van der Waals surface area contributed by atoms with Gasteiger partial charge in [-0.15, -0.1) is 0 Å². The average molecular weight is 415 g/mol. The van der Waals surface area contributed by atoms with Crippen molar-refractivity contribution in [1.82, 2.24) is 10.2 Å². The van der Waals surface area contributed by atoms with Gasteiger partial charge >= 0.3 is 0 Å². The summed E-state index contributed by atoms with van der Waals surface area (Å²) in [4.78, 5) is 27.0. The normalized spacial score (nSPS) is 11.8. The van der Waals surface area contributed by atoms with Crippen molar-refractivity contribution in [1.29, 1.82) is 0 Å². The standard InChI is InChI=1S/C24H31FN2O3/c1-18(2)16-26-24(29)19(3)27(17-20-11-13-21(25)14-12-20)23(28)10-7-15-30-22-8-5-4-6-9-22/h4-6,8-9,11-14,18-19H,7,10,15-17H2,1-3H3,(H,26,29)/t19-/m1/s1. The Morgan fingerprint density at radius 2 is 1.70 bits per heavy atom. The van der Waals surface area contributed by atoms with Gasteiger partial charge in [0.2, 0.25) is 11.8 Å². The molecule has 0 saturated heterocycles. The lowest BCUT2D eigenvalue weighted by Crippen LogP contribution is -2.48. The molecule has 0 aromatic heterocycles. The first-order chi connectivity index (χ1) is 14.4. The van der Waals surface area contributed by atoms with Crippen LogP contribution in [0.1, 0.15) is 39.2 Å². The van der Waals surface area contributed by atoms with Crippen LogP contribution in [0.15, 0.2) is 54.6 Å². The summed E-state index contributed by atoms with van der Waals surface area (Å²) < 4.78 is 18.9. The van der Waals surface area contributed by atoms with Gasteiger partial charge in [0.1, 0.15) is 17.6 Å². The number of amides is 2. The predicted molar refractivity (Wildman–Crippen MR) is 115 cm³/mol. The highest BCUT2D eigenvalue weighted by atomic mass is 19.1. The monoisotopic (exact) mass is 414 g/mol. The lowest BCUT2D eigenvalue weighted by Gasteiger charge is -2.29. The molecule has 0 radical (unpaired) electrons. The summed E-state index contributed by atoms with van der Waals surface area (Å²) in [5, 5.41) is 2.88. The number of hydrogen-bond donors (Lipinski definition) is 1. The van der Waals surface area contributed by atoms with Crippen molar-refractivity contribution in [3.05, 3.63) is 66.0 Å². The van der Waals surface area contributed by atoms with Crippen LogP contribution in [0.3, 0.4) is 0 Å². The molecule has 162 valence electrons. The van der Waals surface area contributed by atoms with Gasteiger partial charge in [-0.25, -0.2) is 4.39 Å².